The first-order chi connectivity index (χ1) is 15.4. The zero-order valence-electron chi connectivity index (χ0n) is 17.5. The number of nitrogens with one attached hydrogen (secondary N) is 2. The quantitative estimate of drug-likeness (QED) is 0.560. The van der Waals surface area contributed by atoms with Crippen molar-refractivity contribution in [3.05, 3.63) is 76.3 Å². The summed E-state index contributed by atoms with van der Waals surface area (Å²) < 4.78 is 19.6. The summed E-state index contributed by atoms with van der Waals surface area (Å²) in [7, 11) is 0. The molecular weight excluding hydrogens is 433 g/mol. The fraction of sp³-hybridized carbons (Fsp3) is 0.292. The van der Waals surface area contributed by atoms with Crippen molar-refractivity contribution in [3.8, 4) is 11.3 Å². The van der Waals surface area contributed by atoms with Crippen LogP contribution in [0.1, 0.15) is 45.7 Å². The molecule has 0 spiro atoms. The van der Waals surface area contributed by atoms with Gasteiger partial charge in [-0.25, -0.2) is 4.39 Å². The molecule has 166 valence electrons. The van der Waals surface area contributed by atoms with Gasteiger partial charge in [-0.05, 0) is 56.4 Å². The van der Waals surface area contributed by atoms with Gasteiger partial charge in [0.15, 0.2) is 0 Å². The minimum atomic E-state index is -0.574. The van der Waals surface area contributed by atoms with Crippen molar-refractivity contribution in [2.75, 3.05) is 6.54 Å². The number of carbonyl (C=O) groups is 2. The van der Waals surface area contributed by atoms with Crippen LogP contribution in [0.15, 0.2) is 53.1 Å². The summed E-state index contributed by atoms with van der Waals surface area (Å²) in [5.41, 5.74) is 0.937. The Bertz CT molecular complexity index is 1110. The number of rotatable bonds is 6. The lowest BCUT2D eigenvalue weighted by atomic mass is 10.0. The summed E-state index contributed by atoms with van der Waals surface area (Å²) in [6.45, 7) is 2.15. The second-order valence-corrected chi connectivity index (χ2v) is 8.39. The Balaban J connectivity index is 1.38. The molecule has 0 saturated heterocycles. The number of carbonyl (C=O) groups excluding carboxylic acids is 2. The number of nitrogens with zero attached hydrogens (tertiary/aromatic N) is 1. The van der Waals surface area contributed by atoms with Crippen molar-refractivity contribution in [2.45, 2.75) is 32.2 Å². The summed E-state index contributed by atoms with van der Waals surface area (Å²) >= 11 is 6.16. The van der Waals surface area contributed by atoms with Crippen LogP contribution < -0.4 is 10.6 Å². The van der Waals surface area contributed by atoms with Crippen LogP contribution in [-0.4, -0.2) is 29.6 Å². The van der Waals surface area contributed by atoms with Gasteiger partial charge in [0.2, 0.25) is 0 Å². The van der Waals surface area contributed by atoms with Crippen molar-refractivity contribution in [3.63, 3.8) is 0 Å². The number of benzene rings is 2. The van der Waals surface area contributed by atoms with Gasteiger partial charge in [0.25, 0.3) is 11.8 Å². The molecule has 32 heavy (non-hydrogen) atoms. The van der Waals surface area contributed by atoms with Crippen molar-refractivity contribution in [1.82, 2.24) is 15.8 Å². The molecule has 3 aromatic rings. The van der Waals surface area contributed by atoms with Crippen LogP contribution in [0.25, 0.3) is 11.3 Å². The number of hydrogen-bond acceptors (Lipinski definition) is 4. The van der Waals surface area contributed by atoms with Crippen molar-refractivity contribution < 1.29 is 18.5 Å². The van der Waals surface area contributed by atoms with Crippen LogP contribution in [0.3, 0.4) is 0 Å². The number of aryl methyl sites for hydroxylation is 1. The van der Waals surface area contributed by atoms with Gasteiger partial charge in [-0.15, -0.1) is 0 Å². The Labute approximate surface area is 190 Å². The number of hydrogen-bond donors (Lipinski definition) is 2. The third-order valence-electron chi connectivity index (χ3n) is 5.75. The second-order valence-electron chi connectivity index (χ2n) is 7.98. The molecule has 0 radical (unpaired) electrons. The van der Waals surface area contributed by atoms with E-state index in [-0.39, 0.29) is 45.6 Å². The van der Waals surface area contributed by atoms with E-state index < -0.39 is 5.82 Å². The van der Waals surface area contributed by atoms with E-state index >= 15 is 0 Å². The minimum Gasteiger partial charge on any atom is -0.360 e. The number of aromatic nitrogens is 1. The lowest BCUT2D eigenvalue weighted by Gasteiger charge is -2.14. The Morgan fingerprint density at radius 3 is 2.66 bits per heavy atom. The largest absolute Gasteiger partial charge is 0.360 e. The topological polar surface area (TPSA) is 84.2 Å². The Morgan fingerprint density at radius 1 is 1.12 bits per heavy atom. The molecule has 1 aliphatic carbocycles. The van der Waals surface area contributed by atoms with Gasteiger partial charge in [0.1, 0.15) is 22.8 Å². The molecule has 1 aromatic heterocycles. The van der Waals surface area contributed by atoms with E-state index in [0.717, 1.165) is 19.3 Å². The molecule has 1 aliphatic rings. The first-order valence-electron chi connectivity index (χ1n) is 10.5. The van der Waals surface area contributed by atoms with Crippen LogP contribution >= 0.6 is 11.6 Å². The molecule has 0 aliphatic heterocycles. The minimum absolute atomic E-state index is 0.0455. The third-order valence-corrected chi connectivity index (χ3v) is 6.07. The number of amides is 2. The molecule has 0 bridgehead atoms. The van der Waals surface area contributed by atoms with Crippen LogP contribution in [0.5, 0.6) is 0 Å². The summed E-state index contributed by atoms with van der Waals surface area (Å²) in [4.78, 5) is 25.3. The highest BCUT2D eigenvalue weighted by Gasteiger charge is 2.30. The Kier molecular flexibility index (Phi) is 6.55. The van der Waals surface area contributed by atoms with Gasteiger partial charge >= 0.3 is 0 Å². The molecule has 1 unspecified atom stereocenters. The van der Waals surface area contributed by atoms with Crippen LogP contribution in [0.4, 0.5) is 4.39 Å². The van der Waals surface area contributed by atoms with Gasteiger partial charge in [0, 0.05) is 18.2 Å². The molecule has 2 amide bonds. The molecule has 1 fully saturated rings. The first kappa shape index (κ1) is 22.0. The van der Waals surface area contributed by atoms with E-state index in [4.69, 9.17) is 16.1 Å². The van der Waals surface area contributed by atoms with E-state index in [2.05, 4.69) is 15.8 Å². The summed E-state index contributed by atoms with van der Waals surface area (Å²) in [6, 6.07) is 13.3. The van der Waals surface area contributed by atoms with Crippen LogP contribution in [-0.2, 0) is 0 Å². The lowest BCUT2D eigenvalue weighted by Crippen LogP contribution is -2.34. The van der Waals surface area contributed by atoms with E-state index in [1.54, 1.807) is 19.1 Å². The van der Waals surface area contributed by atoms with Crippen molar-refractivity contribution in [2.24, 2.45) is 5.92 Å². The Morgan fingerprint density at radius 2 is 1.91 bits per heavy atom. The maximum Gasteiger partial charge on any atom is 0.257 e. The van der Waals surface area contributed by atoms with E-state index in [1.807, 2.05) is 18.2 Å². The monoisotopic (exact) mass is 455 g/mol. The Hall–Kier alpha value is -3.19. The van der Waals surface area contributed by atoms with Crippen LogP contribution in [0.2, 0.25) is 5.02 Å². The molecule has 1 saturated carbocycles. The zero-order chi connectivity index (χ0) is 22.7. The lowest BCUT2D eigenvalue weighted by molar-refractivity contribution is 0.0926. The van der Waals surface area contributed by atoms with Crippen molar-refractivity contribution >= 4 is 23.4 Å². The molecule has 2 atom stereocenters. The second kappa shape index (κ2) is 9.53. The van der Waals surface area contributed by atoms with Crippen LogP contribution in [0, 0.1) is 18.7 Å². The fourth-order valence-corrected chi connectivity index (χ4v) is 4.36. The normalized spacial score (nSPS) is 17.8. The summed E-state index contributed by atoms with van der Waals surface area (Å²) in [5, 5.41) is 10.0. The predicted octanol–water partition coefficient (Wildman–Crippen LogP) is 4.77. The van der Waals surface area contributed by atoms with Gasteiger partial charge in [-0.1, -0.05) is 41.0 Å². The van der Waals surface area contributed by atoms with Crippen molar-refractivity contribution in [1.29, 1.82) is 0 Å². The smallest absolute Gasteiger partial charge is 0.257 e. The highest BCUT2D eigenvalue weighted by molar-refractivity contribution is 6.33. The molecule has 6 nitrogen and oxygen atoms in total. The highest BCUT2D eigenvalue weighted by atomic mass is 35.5. The summed E-state index contributed by atoms with van der Waals surface area (Å²) in [6.07, 6.45) is 2.41. The molecular formula is C24H23ClFN3O3. The van der Waals surface area contributed by atoms with Gasteiger partial charge in [0.05, 0.1) is 10.6 Å². The maximum absolute atomic E-state index is 14.4. The van der Waals surface area contributed by atoms with E-state index in [9.17, 15) is 14.0 Å². The first-order valence-corrected chi connectivity index (χ1v) is 10.9. The average Bonchev–Trinajstić information content (AvgIpc) is 3.39. The SMILES string of the molecule is Cc1onc(-c2c(F)cccc2Cl)c1C(=O)N[C@@H]1CCC(CNC(=O)c2ccccc2)C1. The fourth-order valence-electron chi connectivity index (χ4n) is 4.11. The van der Waals surface area contributed by atoms with Gasteiger partial charge in [-0.3, -0.25) is 9.59 Å². The molecule has 8 heteroatoms. The standard InChI is InChI=1S/C24H23ClFN3O3/c1-14-20(22(29-32-14)21-18(25)8-5-9-19(21)26)24(31)28-17-11-10-15(12-17)13-27-23(30)16-6-3-2-4-7-16/h2-9,15,17H,10-13H2,1H3,(H,27,30)(H,28,31)/t15?,17-/m1/s1. The van der Waals surface area contributed by atoms with Gasteiger partial charge in [-0.2, -0.15) is 0 Å². The molecule has 4 rings (SSSR count). The summed E-state index contributed by atoms with van der Waals surface area (Å²) in [5.74, 6) is -0.505. The van der Waals surface area contributed by atoms with E-state index in [0.29, 0.717) is 17.9 Å². The van der Waals surface area contributed by atoms with E-state index in [1.165, 1.54) is 18.2 Å². The third kappa shape index (κ3) is 4.67. The zero-order valence-corrected chi connectivity index (χ0v) is 18.3. The average molecular weight is 456 g/mol. The molecule has 2 N–H and O–H groups in total. The highest BCUT2D eigenvalue weighted by Crippen LogP contribution is 2.34. The predicted molar refractivity (Wildman–Crippen MR) is 119 cm³/mol. The molecule has 2 aromatic carbocycles. The van der Waals surface area contributed by atoms with Gasteiger partial charge < -0.3 is 15.2 Å². The maximum atomic E-state index is 14.4. The molecule has 1 heterocycles. The number of halogens is 2.